The Morgan fingerprint density at radius 3 is 2.68 bits per heavy atom. The van der Waals surface area contributed by atoms with Gasteiger partial charge in [-0.3, -0.25) is 19.1 Å². The van der Waals surface area contributed by atoms with Crippen LogP contribution < -0.4 is 11.2 Å². The molecule has 1 aromatic heterocycles. The van der Waals surface area contributed by atoms with Gasteiger partial charge < -0.3 is 4.90 Å². The number of fused-ring (bicyclic) bond motifs is 1. The fraction of sp³-hybridized carbons (Fsp3) is 0.154. The summed E-state index contributed by atoms with van der Waals surface area (Å²) in [6, 6.07) is 6.51. The number of nitrogens with zero attached hydrogens (tertiary/aromatic N) is 2. The third-order valence-corrected chi connectivity index (χ3v) is 3.18. The molecule has 0 atom stereocenters. The van der Waals surface area contributed by atoms with Crippen molar-refractivity contribution in [3.05, 3.63) is 62.4 Å². The summed E-state index contributed by atoms with van der Waals surface area (Å²) in [5, 5.41) is 0. The zero-order valence-corrected chi connectivity index (χ0v) is 10.2. The minimum atomic E-state index is -0.522. The Morgan fingerprint density at radius 2 is 1.95 bits per heavy atom. The number of carbonyl (C=O) groups excluding carboxylic acids is 1. The van der Waals surface area contributed by atoms with Crippen molar-refractivity contribution >= 4 is 5.91 Å². The molecule has 0 saturated heterocycles. The number of amides is 1. The molecular weight excluding hydrogens is 246 g/mol. The van der Waals surface area contributed by atoms with Crippen LogP contribution in [0.15, 0.2) is 40.1 Å². The monoisotopic (exact) mass is 257 g/mol. The van der Waals surface area contributed by atoms with Gasteiger partial charge in [-0.2, -0.15) is 0 Å². The largest absolute Gasteiger partial charge is 0.337 e. The maximum atomic E-state index is 11.9. The van der Waals surface area contributed by atoms with Crippen LogP contribution in [-0.4, -0.2) is 27.4 Å². The number of benzene rings is 1. The average Bonchev–Trinajstić information content (AvgIpc) is 2.65. The summed E-state index contributed by atoms with van der Waals surface area (Å²) in [4.78, 5) is 38.4. The van der Waals surface area contributed by atoms with E-state index in [4.69, 9.17) is 0 Å². The molecule has 19 heavy (non-hydrogen) atoms. The van der Waals surface area contributed by atoms with E-state index >= 15 is 0 Å². The van der Waals surface area contributed by atoms with E-state index in [1.165, 1.54) is 16.8 Å². The van der Waals surface area contributed by atoms with Gasteiger partial charge in [-0.05, 0) is 17.7 Å². The standard InChI is InChI=1S/C13H11N3O3/c1-15-7-8-2-3-9(6-10(8)12(15)18)16-5-4-11(17)14-13(16)19/h2-6H,7H2,1H3,(H,14,17,19). The fourth-order valence-corrected chi connectivity index (χ4v) is 2.20. The first kappa shape index (κ1) is 11.5. The van der Waals surface area contributed by atoms with Crippen molar-refractivity contribution < 1.29 is 4.79 Å². The molecule has 0 spiro atoms. The van der Waals surface area contributed by atoms with Crippen LogP contribution in [0, 0.1) is 0 Å². The maximum absolute atomic E-state index is 11.9. The molecule has 0 fully saturated rings. The zero-order chi connectivity index (χ0) is 13.6. The highest BCUT2D eigenvalue weighted by Crippen LogP contribution is 2.23. The van der Waals surface area contributed by atoms with Gasteiger partial charge in [0.1, 0.15) is 0 Å². The third kappa shape index (κ3) is 1.77. The van der Waals surface area contributed by atoms with Crippen LogP contribution >= 0.6 is 0 Å². The highest BCUT2D eigenvalue weighted by Gasteiger charge is 2.24. The molecule has 1 N–H and O–H groups in total. The van der Waals surface area contributed by atoms with Gasteiger partial charge >= 0.3 is 5.69 Å². The van der Waals surface area contributed by atoms with E-state index in [1.807, 2.05) is 6.07 Å². The lowest BCUT2D eigenvalue weighted by Crippen LogP contribution is -2.27. The second-order valence-corrected chi connectivity index (χ2v) is 4.48. The maximum Gasteiger partial charge on any atom is 0.332 e. The fourth-order valence-electron chi connectivity index (χ4n) is 2.20. The Balaban J connectivity index is 2.16. The number of nitrogens with one attached hydrogen (secondary N) is 1. The van der Waals surface area contributed by atoms with Crippen LogP contribution in [0.2, 0.25) is 0 Å². The molecule has 96 valence electrons. The predicted octanol–water partition coefficient (Wildman–Crippen LogP) is 0.111. The van der Waals surface area contributed by atoms with Crippen molar-refractivity contribution in [3.8, 4) is 5.69 Å². The molecule has 1 aliphatic rings. The lowest BCUT2D eigenvalue weighted by Gasteiger charge is -2.06. The van der Waals surface area contributed by atoms with Crippen LogP contribution in [-0.2, 0) is 6.54 Å². The normalized spacial score (nSPS) is 13.7. The van der Waals surface area contributed by atoms with Gasteiger partial charge in [0.05, 0.1) is 5.69 Å². The molecule has 0 aliphatic carbocycles. The van der Waals surface area contributed by atoms with Gasteiger partial charge in [0.2, 0.25) is 0 Å². The average molecular weight is 257 g/mol. The number of rotatable bonds is 1. The molecule has 0 saturated carbocycles. The van der Waals surface area contributed by atoms with Crippen LogP contribution in [0.4, 0.5) is 0 Å². The minimum absolute atomic E-state index is 0.0608. The highest BCUT2D eigenvalue weighted by atomic mass is 16.2. The second kappa shape index (κ2) is 3.94. The Kier molecular flexibility index (Phi) is 2.38. The van der Waals surface area contributed by atoms with Crippen molar-refractivity contribution in [2.24, 2.45) is 0 Å². The summed E-state index contributed by atoms with van der Waals surface area (Å²) < 4.78 is 1.30. The van der Waals surface area contributed by atoms with E-state index in [0.29, 0.717) is 17.8 Å². The summed E-state index contributed by atoms with van der Waals surface area (Å²) in [6.07, 6.45) is 1.39. The molecule has 6 nitrogen and oxygen atoms in total. The van der Waals surface area contributed by atoms with Crippen LogP contribution in [0.5, 0.6) is 0 Å². The summed E-state index contributed by atoms with van der Waals surface area (Å²) in [5.74, 6) is -0.0608. The summed E-state index contributed by atoms with van der Waals surface area (Å²) >= 11 is 0. The molecular formula is C13H11N3O3. The number of hydrogen-bond acceptors (Lipinski definition) is 3. The van der Waals surface area contributed by atoms with E-state index in [0.717, 1.165) is 5.56 Å². The van der Waals surface area contributed by atoms with E-state index in [-0.39, 0.29) is 5.91 Å². The summed E-state index contributed by atoms with van der Waals surface area (Å²) in [7, 11) is 1.73. The van der Waals surface area contributed by atoms with Gasteiger partial charge in [-0.1, -0.05) is 6.07 Å². The lowest BCUT2D eigenvalue weighted by molar-refractivity contribution is 0.0816. The molecule has 6 heteroatoms. The second-order valence-electron chi connectivity index (χ2n) is 4.48. The lowest BCUT2D eigenvalue weighted by atomic mass is 10.1. The SMILES string of the molecule is CN1Cc2ccc(-n3ccc(=O)[nH]c3=O)cc2C1=O. The third-order valence-electron chi connectivity index (χ3n) is 3.18. The van der Waals surface area contributed by atoms with Gasteiger partial charge in [-0.25, -0.2) is 4.79 Å². The van der Waals surface area contributed by atoms with Crippen LogP contribution in [0.25, 0.3) is 5.69 Å². The number of carbonyl (C=O) groups is 1. The van der Waals surface area contributed by atoms with Crippen molar-refractivity contribution in [1.29, 1.82) is 0 Å². The van der Waals surface area contributed by atoms with Crippen molar-refractivity contribution in [2.75, 3.05) is 7.05 Å². The van der Waals surface area contributed by atoms with E-state index in [9.17, 15) is 14.4 Å². The Hall–Kier alpha value is -2.63. The summed E-state index contributed by atoms with van der Waals surface area (Å²) in [5.41, 5.74) is 1.12. The first-order chi connectivity index (χ1) is 9.06. The van der Waals surface area contributed by atoms with Crippen molar-refractivity contribution in [2.45, 2.75) is 6.54 Å². The Labute approximate surface area is 107 Å². The van der Waals surface area contributed by atoms with Crippen LogP contribution in [0.3, 0.4) is 0 Å². The van der Waals surface area contributed by atoms with Crippen molar-refractivity contribution in [3.63, 3.8) is 0 Å². The molecule has 0 unspecified atom stereocenters. The zero-order valence-electron chi connectivity index (χ0n) is 10.2. The minimum Gasteiger partial charge on any atom is -0.337 e. The number of hydrogen-bond donors (Lipinski definition) is 1. The molecule has 2 aromatic rings. The summed E-state index contributed by atoms with van der Waals surface area (Å²) in [6.45, 7) is 0.578. The Morgan fingerprint density at radius 1 is 1.16 bits per heavy atom. The quantitative estimate of drug-likeness (QED) is 0.788. The van der Waals surface area contributed by atoms with Crippen molar-refractivity contribution in [1.82, 2.24) is 14.5 Å². The topological polar surface area (TPSA) is 75.2 Å². The van der Waals surface area contributed by atoms with E-state index in [2.05, 4.69) is 4.98 Å². The number of aromatic amines is 1. The molecule has 0 radical (unpaired) electrons. The first-order valence-corrected chi connectivity index (χ1v) is 5.77. The van der Waals surface area contributed by atoms with E-state index < -0.39 is 11.2 Å². The molecule has 2 heterocycles. The number of H-pyrrole nitrogens is 1. The molecule has 1 aliphatic heterocycles. The van der Waals surface area contributed by atoms with E-state index in [1.54, 1.807) is 24.1 Å². The van der Waals surface area contributed by atoms with Gasteiger partial charge in [0, 0.05) is 31.4 Å². The predicted molar refractivity (Wildman–Crippen MR) is 68.5 cm³/mol. The molecule has 3 rings (SSSR count). The molecule has 0 bridgehead atoms. The van der Waals surface area contributed by atoms with Crippen LogP contribution in [0.1, 0.15) is 15.9 Å². The van der Waals surface area contributed by atoms with Gasteiger partial charge in [-0.15, -0.1) is 0 Å². The number of aromatic nitrogens is 2. The molecule has 1 aromatic carbocycles. The Bertz CT molecular complexity index is 788. The van der Waals surface area contributed by atoms with Gasteiger partial charge in [0.15, 0.2) is 0 Å². The smallest absolute Gasteiger partial charge is 0.332 e. The van der Waals surface area contributed by atoms with Gasteiger partial charge in [0.25, 0.3) is 11.5 Å². The first-order valence-electron chi connectivity index (χ1n) is 5.77. The highest BCUT2D eigenvalue weighted by molar-refractivity contribution is 5.98. The molecule has 1 amide bonds.